The smallest absolute Gasteiger partial charge is 0.262 e. The zero-order valence-corrected chi connectivity index (χ0v) is 21.6. The normalized spacial score (nSPS) is 15.3. The summed E-state index contributed by atoms with van der Waals surface area (Å²) >= 11 is 0. The molecule has 38 heavy (non-hydrogen) atoms. The maximum Gasteiger partial charge on any atom is 0.262 e. The standard InChI is InChI=1S/C28H30FN5O4/c1-34-27(35)20(16-33-28(34)32-15-18-6-4-5-10-30-18)17-7-8-24(21(29)12-17)38-23-9-11-31-22-14-26(37-3)25(36-2)13-19(22)23/h7-9,11-14,16,18,30H,4-6,10,15H2,1-3H3,(H,32,33). The first-order valence-electron chi connectivity index (χ1n) is 12.5. The van der Waals surface area contributed by atoms with Crippen LogP contribution in [0.1, 0.15) is 19.3 Å². The molecule has 1 fully saturated rings. The Morgan fingerprint density at radius 1 is 1.05 bits per heavy atom. The number of nitrogens with zero attached hydrogens (tertiary/aromatic N) is 3. The van der Waals surface area contributed by atoms with Crippen molar-refractivity contribution in [1.29, 1.82) is 0 Å². The minimum Gasteiger partial charge on any atom is -0.493 e. The van der Waals surface area contributed by atoms with Crippen LogP contribution in [0.4, 0.5) is 10.3 Å². The van der Waals surface area contributed by atoms with Gasteiger partial charge in [0.1, 0.15) is 5.75 Å². The van der Waals surface area contributed by atoms with Gasteiger partial charge in [0.15, 0.2) is 23.1 Å². The number of benzene rings is 2. The lowest BCUT2D eigenvalue weighted by Gasteiger charge is -2.24. The van der Waals surface area contributed by atoms with Gasteiger partial charge in [-0.3, -0.25) is 14.3 Å². The molecule has 5 rings (SSSR count). The number of hydrogen-bond acceptors (Lipinski definition) is 8. The van der Waals surface area contributed by atoms with Gasteiger partial charge in [0.2, 0.25) is 5.95 Å². The zero-order chi connectivity index (χ0) is 26.6. The maximum absolute atomic E-state index is 15.2. The largest absolute Gasteiger partial charge is 0.493 e. The van der Waals surface area contributed by atoms with Crippen LogP contribution in [-0.2, 0) is 7.05 Å². The molecule has 1 aliphatic heterocycles. The number of rotatable bonds is 8. The number of halogens is 1. The molecule has 0 saturated carbocycles. The summed E-state index contributed by atoms with van der Waals surface area (Å²) in [6, 6.07) is 9.88. The van der Waals surface area contributed by atoms with Gasteiger partial charge in [0.25, 0.3) is 5.56 Å². The maximum atomic E-state index is 15.2. The topological polar surface area (TPSA) is 99.5 Å². The number of aromatic nitrogens is 3. The van der Waals surface area contributed by atoms with Crippen LogP contribution in [0, 0.1) is 5.82 Å². The third kappa shape index (κ3) is 5.12. The summed E-state index contributed by atoms with van der Waals surface area (Å²) in [6.45, 7) is 1.69. The van der Waals surface area contributed by atoms with E-state index in [0.29, 0.717) is 57.8 Å². The van der Waals surface area contributed by atoms with Crippen LogP contribution in [0.3, 0.4) is 0 Å². The van der Waals surface area contributed by atoms with E-state index in [0.717, 1.165) is 13.0 Å². The Labute approximate surface area is 219 Å². The first-order chi connectivity index (χ1) is 18.5. The molecule has 4 aromatic rings. The Hall–Kier alpha value is -4.18. The van der Waals surface area contributed by atoms with Crippen LogP contribution in [0.25, 0.3) is 22.0 Å². The van der Waals surface area contributed by atoms with E-state index in [2.05, 4.69) is 20.6 Å². The van der Waals surface area contributed by atoms with Crippen molar-refractivity contribution in [2.45, 2.75) is 25.3 Å². The molecule has 1 unspecified atom stereocenters. The van der Waals surface area contributed by atoms with Gasteiger partial charge in [0.05, 0.1) is 25.3 Å². The van der Waals surface area contributed by atoms with E-state index in [4.69, 9.17) is 14.2 Å². The number of fused-ring (bicyclic) bond motifs is 1. The molecule has 198 valence electrons. The van der Waals surface area contributed by atoms with E-state index in [1.807, 2.05) is 0 Å². The van der Waals surface area contributed by atoms with Crippen LogP contribution in [0.15, 0.2) is 53.6 Å². The van der Waals surface area contributed by atoms with E-state index < -0.39 is 5.82 Å². The van der Waals surface area contributed by atoms with E-state index >= 15 is 4.39 Å². The molecule has 0 bridgehead atoms. The van der Waals surface area contributed by atoms with Crippen molar-refractivity contribution < 1.29 is 18.6 Å². The average Bonchev–Trinajstić information content (AvgIpc) is 2.95. The van der Waals surface area contributed by atoms with E-state index in [-0.39, 0.29) is 11.3 Å². The third-order valence-electron chi connectivity index (χ3n) is 6.76. The fraction of sp³-hybridized carbons (Fsp3) is 0.321. The molecule has 2 N–H and O–H groups in total. The summed E-state index contributed by atoms with van der Waals surface area (Å²) in [5.41, 5.74) is 1.05. The van der Waals surface area contributed by atoms with Crippen molar-refractivity contribution in [3.63, 3.8) is 0 Å². The van der Waals surface area contributed by atoms with Crippen molar-refractivity contribution in [1.82, 2.24) is 19.9 Å². The monoisotopic (exact) mass is 519 g/mol. The Morgan fingerprint density at radius 3 is 2.61 bits per heavy atom. The molecule has 3 heterocycles. The number of anilines is 1. The first kappa shape index (κ1) is 25.5. The van der Waals surface area contributed by atoms with Crippen LogP contribution in [0.2, 0.25) is 0 Å². The lowest BCUT2D eigenvalue weighted by atomic mass is 10.1. The first-order valence-corrected chi connectivity index (χ1v) is 12.5. The summed E-state index contributed by atoms with van der Waals surface area (Å²) < 4.78 is 33.3. The number of hydrogen-bond donors (Lipinski definition) is 2. The summed E-state index contributed by atoms with van der Waals surface area (Å²) in [5, 5.41) is 7.35. The van der Waals surface area contributed by atoms with E-state index in [1.54, 1.807) is 44.6 Å². The fourth-order valence-corrected chi connectivity index (χ4v) is 4.63. The van der Waals surface area contributed by atoms with Gasteiger partial charge in [-0.2, -0.15) is 0 Å². The van der Waals surface area contributed by atoms with Gasteiger partial charge >= 0.3 is 0 Å². The molecule has 0 radical (unpaired) electrons. The van der Waals surface area contributed by atoms with Crippen molar-refractivity contribution >= 4 is 16.9 Å². The second-order valence-electron chi connectivity index (χ2n) is 9.17. The van der Waals surface area contributed by atoms with Gasteiger partial charge in [-0.1, -0.05) is 12.5 Å². The Balaban J connectivity index is 1.38. The molecule has 1 saturated heterocycles. The Bertz CT molecular complexity index is 1520. The van der Waals surface area contributed by atoms with Gasteiger partial charge < -0.3 is 24.8 Å². The molecule has 2 aromatic carbocycles. The molecule has 0 spiro atoms. The predicted octanol–water partition coefficient (Wildman–Crippen LogP) is 4.50. The van der Waals surface area contributed by atoms with Crippen LogP contribution in [0.5, 0.6) is 23.0 Å². The van der Waals surface area contributed by atoms with Crippen LogP contribution < -0.4 is 30.4 Å². The number of methoxy groups -OCH3 is 2. The molecule has 9 nitrogen and oxygen atoms in total. The van der Waals surface area contributed by atoms with Crippen LogP contribution in [-0.4, -0.2) is 47.9 Å². The number of pyridine rings is 1. The summed E-state index contributed by atoms with van der Waals surface area (Å²) in [5.74, 6) is 1.32. The van der Waals surface area contributed by atoms with Gasteiger partial charge in [-0.15, -0.1) is 0 Å². The zero-order valence-electron chi connectivity index (χ0n) is 21.6. The second-order valence-corrected chi connectivity index (χ2v) is 9.17. The number of ether oxygens (including phenoxy) is 3. The summed E-state index contributed by atoms with van der Waals surface area (Å²) in [6.07, 6.45) is 6.51. The van der Waals surface area contributed by atoms with Crippen molar-refractivity contribution in [3.05, 3.63) is 65.0 Å². The van der Waals surface area contributed by atoms with Crippen molar-refractivity contribution in [2.24, 2.45) is 7.05 Å². The Kier molecular flexibility index (Phi) is 7.41. The molecular weight excluding hydrogens is 489 g/mol. The molecular formula is C28H30FN5O4. The highest BCUT2D eigenvalue weighted by atomic mass is 19.1. The highest BCUT2D eigenvalue weighted by molar-refractivity contribution is 5.88. The van der Waals surface area contributed by atoms with Crippen molar-refractivity contribution in [3.8, 4) is 34.1 Å². The number of nitrogens with one attached hydrogen (secondary N) is 2. The van der Waals surface area contributed by atoms with E-state index in [1.165, 1.54) is 42.8 Å². The van der Waals surface area contributed by atoms with E-state index in [9.17, 15) is 4.79 Å². The molecule has 0 aliphatic carbocycles. The highest BCUT2D eigenvalue weighted by Crippen LogP contribution is 2.37. The minimum atomic E-state index is -0.611. The van der Waals surface area contributed by atoms with Crippen LogP contribution >= 0.6 is 0 Å². The quantitative estimate of drug-likeness (QED) is 0.351. The highest BCUT2D eigenvalue weighted by Gasteiger charge is 2.17. The minimum absolute atomic E-state index is 0.0130. The summed E-state index contributed by atoms with van der Waals surface area (Å²) in [7, 11) is 4.73. The molecule has 1 atom stereocenters. The number of piperidine rings is 1. The predicted molar refractivity (Wildman–Crippen MR) is 144 cm³/mol. The SMILES string of the molecule is COc1cc2nccc(Oc3ccc(-c4cnc(NCC5CCCCN5)n(C)c4=O)cc3F)c2cc1OC. The average molecular weight is 520 g/mol. The fourth-order valence-electron chi connectivity index (χ4n) is 4.63. The summed E-state index contributed by atoms with van der Waals surface area (Å²) in [4.78, 5) is 21.8. The third-order valence-corrected chi connectivity index (χ3v) is 6.76. The second kappa shape index (κ2) is 11.1. The van der Waals surface area contributed by atoms with Gasteiger partial charge in [-0.05, 0) is 49.2 Å². The molecule has 10 heteroatoms. The molecule has 2 aromatic heterocycles. The lowest BCUT2D eigenvalue weighted by molar-refractivity contribution is 0.355. The van der Waals surface area contributed by atoms with Gasteiger partial charge in [-0.25, -0.2) is 9.37 Å². The van der Waals surface area contributed by atoms with Gasteiger partial charge in [0, 0.05) is 43.5 Å². The van der Waals surface area contributed by atoms with Crippen molar-refractivity contribution in [2.75, 3.05) is 32.6 Å². The molecule has 0 amide bonds. The lowest BCUT2D eigenvalue weighted by Crippen LogP contribution is -2.40. The molecule has 1 aliphatic rings. The Morgan fingerprint density at radius 2 is 1.87 bits per heavy atom.